The number of para-hydroxylation sites is 1. The fraction of sp³-hybridized carbons (Fsp3) is 0.273. The zero-order valence-corrected chi connectivity index (χ0v) is 15.8. The van der Waals surface area contributed by atoms with E-state index in [1.54, 1.807) is 26.0 Å². The second-order valence-corrected chi connectivity index (χ2v) is 7.38. The Labute approximate surface area is 159 Å². The summed E-state index contributed by atoms with van der Waals surface area (Å²) in [5.74, 6) is -0.107. The van der Waals surface area contributed by atoms with Gasteiger partial charge in [-0.05, 0) is 29.2 Å². The highest BCUT2D eigenvalue weighted by Gasteiger charge is 2.51. The minimum atomic E-state index is -1.10. The average Bonchev–Trinajstić information content (AvgIpc) is 3.16. The van der Waals surface area contributed by atoms with Crippen LogP contribution in [0.15, 0.2) is 54.6 Å². The van der Waals surface area contributed by atoms with E-state index in [0.29, 0.717) is 6.42 Å². The Morgan fingerprint density at radius 3 is 2.63 bits per heavy atom. The van der Waals surface area contributed by atoms with Gasteiger partial charge in [0.1, 0.15) is 0 Å². The predicted molar refractivity (Wildman–Crippen MR) is 106 cm³/mol. The van der Waals surface area contributed by atoms with Crippen molar-refractivity contribution in [2.24, 2.45) is 0 Å². The lowest BCUT2D eigenvalue weighted by atomic mass is 9.83. The fourth-order valence-corrected chi connectivity index (χ4v) is 4.08. The van der Waals surface area contributed by atoms with Gasteiger partial charge in [-0.1, -0.05) is 48.5 Å². The number of urea groups is 1. The molecule has 5 nitrogen and oxygen atoms in total. The maximum Gasteiger partial charge on any atom is 0.318 e. The standard InChI is InChI=1S/C22H23N3O2/c1-24(2)21(27)23-22(14-16-13-12-15-8-4-5-9-17(15)16)18-10-6-7-11-19(18)25(3)20(22)26/h4-11,13H,12,14H2,1-3H3,(H,23,27). The molecule has 138 valence electrons. The van der Waals surface area contributed by atoms with E-state index in [1.165, 1.54) is 10.5 Å². The van der Waals surface area contributed by atoms with Crippen molar-refractivity contribution < 1.29 is 9.59 Å². The van der Waals surface area contributed by atoms with Crippen LogP contribution in [0, 0.1) is 0 Å². The van der Waals surface area contributed by atoms with Crippen molar-refractivity contribution in [2.45, 2.75) is 18.4 Å². The molecule has 0 spiro atoms. The molecule has 1 heterocycles. The van der Waals surface area contributed by atoms with Gasteiger partial charge in [0.2, 0.25) is 0 Å². The number of allylic oxidation sites excluding steroid dienone is 1. The molecule has 5 heteroatoms. The average molecular weight is 361 g/mol. The molecule has 1 aliphatic heterocycles. The van der Waals surface area contributed by atoms with Crippen molar-refractivity contribution in [3.05, 3.63) is 71.3 Å². The van der Waals surface area contributed by atoms with Crippen molar-refractivity contribution in [3.8, 4) is 0 Å². The first kappa shape index (κ1) is 17.3. The fourth-order valence-electron chi connectivity index (χ4n) is 4.08. The van der Waals surface area contributed by atoms with Crippen LogP contribution >= 0.6 is 0 Å². The zero-order chi connectivity index (χ0) is 19.2. The number of carbonyl (C=O) groups is 2. The summed E-state index contributed by atoms with van der Waals surface area (Å²) in [5, 5.41) is 3.04. The minimum Gasteiger partial charge on any atom is -0.331 e. The molecule has 0 fully saturated rings. The maximum atomic E-state index is 13.4. The molecule has 2 aromatic carbocycles. The van der Waals surface area contributed by atoms with Crippen LogP contribution < -0.4 is 10.2 Å². The van der Waals surface area contributed by atoms with E-state index in [1.807, 2.05) is 36.4 Å². The lowest BCUT2D eigenvalue weighted by Crippen LogP contribution is -2.55. The van der Waals surface area contributed by atoms with Crippen molar-refractivity contribution in [1.29, 1.82) is 0 Å². The summed E-state index contributed by atoms with van der Waals surface area (Å²) >= 11 is 0. The van der Waals surface area contributed by atoms with Gasteiger partial charge < -0.3 is 15.1 Å². The third-order valence-corrected chi connectivity index (χ3v) is 5.51. The SMILES string of the molecule is CN(C)C(=O)NC1(CC2=CCc3ccccc32)C(=O)N(C)c2ccccc21. The summed E-state index contributed by atoms with van der Waals surface area (Å²) in [6, 6.07) is 15.7. The first-order chi connectivity index (χ1) is 12.9. The van der Waals surface area contributed by atoms with E-state index in [-0.39, 0.29) is 11.9 Å². The van der Waals surface area contributed by atoms with E-state index in [2.05, 4.69) is 23.5 Å². The lowest BCUT2D eigenvalue weighted by molar-refractivity contribution is -0.123. The van der Waals surface area contributed by atoms with Crippen LogP contribution in [0.25, 0.3) is 5.57 Å². The molecule has 0 saturated carbocycles. The summed E-state index contributed by atoms with van der Waals surface area (Å²) in [6.45, 7) is 0. The first-order valence-corrected chi connectivity index (χ1v) is 9.08. The number of hydrogen-bond acceptors (Lipinski definition) is 2. The number of likely N-dealkylation sites (N-methyl/N-ethyl adjacent to an activating group) is 1. The molecule has 0 saturated heterocycles. The molecule has 0 aromatic heterocycles. The van der Waals surface area contributed by atoms with Crippen LogP contribution in [0.2, 0.25) is 0 Å². The van der Waals surface area contributed by atoms with Gasteiger partial charge in [-0.15, -0.1) is 0 Å². The van der Waals surface area contributed by atoms with Crippen LogP contribution in [-0.2, 0) is 16.8 Å². The van der Waals surface area contributed by atoms with Crippen LogP contribution in [0.3, 0.4) is 0 Å². The molecule has 3 amide bonds. The van der Waals surface area contributed by atoms with E-state index in [0.717, 1.165) is 28.8 Å². The van der Waals surface area contributed by atoms with Crippen LogP contribution in [0.5, 0.6) is 0 Å². The Morgan fingerprint density at radius 2 is 1.85 bits per heavy atom. The molecule has 1 unspecified atom stereocenters. The van der Waals surface area contributed by atoms with Crippen LogP contribution in [0.1, 0.15) is 23.1 Å². The van der Waals surface area contributed by atoms with Crippen molar-refractivity contribution in [3.63, 3.8) is 0 Å². The second kappa shape index (κ2) is 6.27. The van der Waals surface area contributed by atoms with Crippen LogP contribution in [0.4, 0.5) is 10.5 Å². The molecule has 2 aromatic rings. The Balaban J connectivity index is 1.82. The van der Waals surface area contributed by atoms with E-state index < -0.39 is 5.54 Å². The highest BCUT2D eigenvalue weighted by Crippen LogP contribution is 2.46. The monoisotopic (exact) mass is 361 g/mol. The molecule has 1 atom stereocenters. The Morgan fingerprint density at radius 1 is 1.15 bits per heavy atom. The maximum absolute atomic E-state index is 13.4. The largest absolute Gasteiger partial charge is 0.331 e. The topological polar surface area (TPSA) is 52.7 Å². The number of nitrogens with zero attached hydrogens (tertiary/aromatic N) is 2. The Hall–Kier alpha value is -3.08. The summed E-state index contributed by atoms with van der Waals surface area (Å²) in [6.07, 6.45) is 3.46. The quantitative estimate of drug-likeness (QED) is 0.913. The van der Waals surface area contributed by atoms with Gasteiger partial charge in [0.15, 0.2) is 5.54 Å². The lowest BCUT2D eigenvalue weighted by Gasteiger charge is -2.31. The minimum absolute atomic E-state index is 0.107. The summed E-state index contributed by atoms with van der Waals surface area (Å²) in [7, 11) is 5.13. The highest BCUT2D eigenvalue weighted by atomic mass is 16.2. The molecule has 0 bridgehead atoms. The summed E-state index contributed by atoms with van der Waals surface area (Å²) < 4.78 is 0. The molecular weight excluding hydrogens is 338 g/mol. The normalized spacial score (nSPS) is 20.2. The number of anilines is 1. The van der Waals surface area contributed by atoms with Gasteiger partial charge in [-0.3, -0.25) is 4.79 Å². The molecule has 1 N–H and O–H groups in total. The molecule has 4 rings (SSSR count). The summed E-state index contributed by atoms with van der Waals surface area (Å²) in [5.41, 5.74) is 4.11. The first-order valence-electron chi connectivity index (χ1n) is 9.08. The van der Waals surface area contributed by atoms with Gasteiger partial charge in [-0.25, -0.2) is 4.79 Å². The van der Waals surface area contributed by atoms with Crippen molar-refractivity contribution in [1.82, 2.24) is 10.2 Å². The second-order valence-electron chi connectivity index (χ2n) is 7.38. The van der Waals surface area contributed by atoms with Crippen LogP contribution in [-0.4, -0.2) is 38.0 Å². The number of nitrogens with one attached hydrogen (secondary N) is 1. The van der Waals surface area contributed by atoms with Gasteiger partial charge >= 0.3 is 6.03 Å². The van der Waals surface area contributed by atoms with E-state index in [9.17, 15) is 9.59 Å². The number of hydrogen-bond donors (Lipinski definition) is 1. The molecule has 2 aliphatic rings. The smallest absolute Gasteiger partial charge is 0.318 e. The highest BCUT2D eigenvalue weighted by molar-refractivity contribution is 6.10. The zero-order valence-electron chi connectivity index (χ0n) is 15.8. The third kappa shape index (κ3) is 2.62. The molecule has 0 radical (unpaired) electrons. The number of rotatable bonds is 3. The van der Waals surface area contributed by atoms with Gasteiger partial charge in [0.05, 0.1) is 0 Å². The third-order valence-electron chi connectivity index (χ3n) is 5.51. The predicted octanol–water partition coefficient (Wildman–Crippen LogP) is 3.16. The molecule has 27 heavy (non-hydrogen) atoms. The van der Waals surface area contributed by atoms with Gasteiger partial charge in [0.25, 0.3) is 5.91 Å². The Bertz CT molecular complexity index is 964. The molecular formula is C22H23N3O2. The van der Waals surface area contributed by atoms with Crippen molar-refractivity contribution in [2.75, 3.05) is 26.0 Å². The van der Waals surface area contributed by atoms with Crippen molar-refractivity contribution >= 4 is 23.2 Å². The number of fused-ring (bicyclic) bond motifs is 2. The Kier molecular flexibility index (Phi) is 4.02. The van der Waals surface area contributed by atoms with Gasteiger partial charge in [0, 0.05) is 38.8 Å². The molecule has 1 aliphatic carbocycles. The summed E-state index contributed by atoms with van der Waals surface area (Å²) in [4.78, 5) is 29.1. The van der Waals surface area contributed by atoms with E-state index in [4.69, 9.17) is 0 Å². The number of amides is 3. The van der Waals surface area contributed by atoms with E-state index >= 15 is 0 Å². The number of benzene rings is 2. The van der Waals surface area contributed by atoms with Gasteiger partial charge in [-0.2, -0.15) is 0 Å². The number of carbonyl (C=O) groups excluding carboxylic acids is 2.